The molecule has 0 saturated heterocycles. The van der Waals surface area contributed by atoms with Gasteiger partial charge in [-0.05, 0) is 36.8 Å². The summed E-state index contributed by atoms with van der Waals surface area (Å²) in [5, 5.41) is 18.7. The Morgan fingerprint density at radius 1 is 1.24 bits per heavy atom. The van der Waals surface area contributed by atoms with E-state index in [1.165, 1.54) is 12.1 Å². The van der Waals surface area contributed by atoms with Gasteiger partial charge in [-0.2, -0.15) is 5.26 Å². The maximum absolute atomic E-state index is 13.5. The van der Waals surface area contributed by atoms with Crippen molar-refractivity contribution in [1.29, 1.82) is 5.26 Å². The minimum atomic E-state index is -1.43. The van der Waals surface area contributed by atoms with Gasteiger partial charge in [-0.15, -0.1) is 0 Å². The normalized spacial score (nSPS) is 11.8. The maximum Gasteiger partial charge on any atom is 0.132 e. The molecule has 3 nitrogen and oxygen atoms in total. The van der Waals surface area contributed by atoms with E-state index in [1.54, 1.807) is 19.1 Å². The van der Waals surface area contributed by atoms with E-state index in [2.05, 4.69) is 0 Å². The Morgan fingerprint density at radius 2 is 1.90 bits per heavy atom. The van der Waals surface area contributed by atoms with Crippen molar-refractivity contribution in [1.82, 2.24) is 0 Å². The average Bonchev–Trinajstić information content (AvgIpc) is 2.46. The van der Waals surface area contributed by atoms with Crippen molar-refractivity contribution < 1.29 is 18.6 Å². The SMILES string of the molecule is Cc1ccc(C#N)cc1OCC(O)c1c(F)cccc1F. The molecular weight excluding hydrogens is 276 g/mol. The summed E-state index contributed by atoms with van der Waals surface area (Å²) < 4.78 is 32.4. The molecule has 0 bridgehead atoms. The third kappa shape index (κ3) is 3.36. The smallest absolute Gasteiger partial charge is 0.132 e. The summed E-state index contributed by atoms with van der Waals surface area (Å²) in [7, 11) is 0. The van der Waals surface area contributed by atoms with E-state index in [-0.39, 0.29) is 6.61 Å². The van der Waals surface area contributed by atoms with Crippen LogP contribution in [0.25, 0.3) is 0 Å². The van der Waals surface area contributed by atoms with Crippen LogP contribution in [-0.2, 0) is 0 Å². The highest BCUT2D eigenvalue weighted by Crippen LogP contribution is 2.24. The van der Waals surface area contributed by atoms with Crippen LogP contribution < -0.4 is 4.74 Å². The van der Waals surface area contributed by atoms with Gasteiger partial charge in [0.2, 0.25) is 0 Å². The molecule has 2 rings (SSSR count). The highest BCUT2D eigenvalue weighted by atomic mass is 19.1. The molecule has 0 aliphatic carbocycles. The van der Waals surface area contributed by atoms with Gasteiger partial charge in [-0.1, -0.05) is 12.1 Å². The lowest BCUT2D eigenvalue weighted by Crippen LogP contribution is -2.13. The van der Waals surface area contributed by atoms with Crippen LogP contribution in [-0.4, -0.2) is 11.7 Å². The number of rotatable bonds is 4. The molecule has 0 aromatic heterocycles. The summed E-state index contributed by atoms with van der Waals surface area (Å²) in [4.78, 5) is 0. The molecule has 0 heterocycles. The van der Waals surface area contributed by atoms with Gasteiger partial charge < -0.3 is 9.84 Å². The van der Waals surface area contributed by atoms with E-state index in [9.17, 15) is 13.9 Å². The number of benzene rings is 2. The Morgan fingerprint density at radius 3 is 2.52 bits per heavy atom. The average molecular weight is 289 g/mol. The quantitative estimate of drug-likeness (QED) is 0.940. The molecule has 0 aliphatic rings. The first-order chi connectivity index (χ1) is 10.0. The third-order valence-corrected chi connectivity index (χ3v) is 3.05. The zero-order chi connectivity index (χ0) is 15.4. The number of aryl methyl sites for hydroxylation is 1. The minimum absolute atomic E-state index is 0.312. The van der Waals surface area contributed by atoms with E-state index in [1.807, 2.05) is 6.07 Å². The lowest BCUT2D eigenvalue weighted by Gasteiger charge is -2.15. The molecule has 2 aromatic rings. The highest BCUT2D eigenvalue weighted by Gasteiger charge is 2.18. The molecule has 2 aromatic carbocycles. The van der Waals surface area contributed by atoms with Gasteiger partial charge in [-0.3, -0.25) is 0 Å². The van der Waals surface area contributed by atoms with Crippen LogP contribution in [0.5, 0.6) is 5.75 Å². The lowest BCUT2D eigenvalue weighted by atomic mass is 10.1. The summed E-state index contributed by atoms with van der Waals surface area (Å²) in [5.41, 5.74) is 0.740. The van der Waals surface area contributed by atoms with Crippen LogP contribution in [0, 0.1) is 29.9 Å². The molecule has 5 heteroatoms. The van der Waals surface area contributed by atoms with Crippen molar-refractivity contribution in [3.8, 4) is 11.8 Å². The van der Waals surface area contributed by atoms with Gasteiger partial charge >= 0.3 is 0 Å². The summed E-state index contributed by atoms with van der Waals surface area (Å²) in [6, 6.07) is 10.2. The number of hydrogen-bond acceptors (Lipinski definition) is 3. The van der Waals surface area contributed by atoms with Gasteiger partial charge in [0.15, 0.2) is 0 Å². The fourth-order valence-corrected chi connectivity index (χ4v) is 1.91. The number of nitriles is 1. The van der Waals surface area contributed by atoms with Crippen LogP contribution >= 0.6 is 0 Å². The van der Waals surface area contributed by atoms with Crippen LogP contribution in [0.1, 0.15) is 22.8 Å². The Bertz CT molecular complexity index is 675. The van der Waals surface area contributed by atoms with Gasteiger partial charge in [0.25, 0.3) is 0 Å². The van der Waals surface area contributed by atoms with Crippen molar-refractivity contribution >= 4 is 0 Å². The predicted octanol–water partition coefficient (Wildman–Crippen LogP) is 3.26. The van der Waals surface area contributed by atoms with E-state index >= 15 is 0 Å². The van der Waals surface area contributed by atoms with Gasteiger partial charge in [0.05, 0.1) is 17.2 Å². The molecule has 1 unspecified atom stereocenters. The van der Waals surface area contributed by atoms with Crippen LogP contribution in [0.2, 0.25) is 0 Å². The van der Waals surface area contributed by atoms with Crippen LogP contribution in [0.3, 0.4) is 0 Å². The second kappa shape index (κ2) is 6.33. The second-order valence-corrected chi connectivity index (χ2v) is 4.55. The van der Waals surface area contributed by atoms with E-state index in [0.717, 1.165) is 17.7 Å². The predicted molar refractivity (Wildman–Crippen MR) is 72.7 cm³/mol. The largest absolute Gasteiger partial charge is 0.490 e. The molecule has 21 heavy (non-hydrogen) atoms. The Balaban J connectivity index is 2.15. The Kier molecular flexibility index (Phi) is 4.51. The maximum atomic E-state index is 13.5. The first kappa shape index (κ1) is 14.9. The van der Waals surface area contributed by atoms with Crippen LogP contribution in [0.4, 0.5) is 8.78 Å². The highest BCUT2D eigenvalue weighted by molar-refractivity contribution is 5.41. The van der Waals surface area contributed by atoms with E-state index in [4.69, 9.17) is 10.00 Å². The van der Waals surface area contributed by atoms with Crippen molar-refractivity contribution in [3.63, 3.8) is 0 Å². The van der Waals surface area contributed by atoms with Gasteiger partial charge in [-0.25, -0.2) is 8.78 Å². The molecule has 1 N–H and O–H groups in total. The van der Waals surface area contributed by atoms with Crippen molar-refractivity contribution in [2.45, 2.75) is 13.0 Å². The summed E-state index contributed by atoms with van der Waals surface area (Å²) >= 11 is 0. The summed E-state index contributed by atoms with van der Waals surface area (Å²) in [6.45, 7) is 1.46. The first-order valence-corrected chi connectivity index (χ1v) is 6.28. The topological polar surface area (TPSA) is 53.2 Å². The van der Waals surface area contributed by atoms with Crippen LogP contribution in [0.15, 0.2) is 36.4 Å². The number of aliphatic hydroxyl groups is 1. The molecule has 0 spiro atoms. The number of nitrogens with zero attached hydrogens (tertiary/aromatic N) is 1. The Labute approximate surface area is 121 Å². The molecule has 108 valence electrons. The summed E-state index contributed by atoms with van der Waals surface area (Å²) in [6.07, 6.45) is -1.43. The second-order valence-electron chi connectivity index (χ2n) is 4.55. The van der Waals surface area contributed by atoms with Crippen molar-refractivity contribution in [2.24, 2.45) is 0 Å². The monoisotopic (exact) mass is 289 g/mol. The number of hydrogen-bond donors (Lipinski definition) is 1. The number of halogens is 2. The molecule has 0 aliphatic heterocycles. The molecule has 0 fully saturated rings. The minimum Gasteiger partial charge on any atom is -0.490 e. The fraction of sp³-hybridized carbons (Fsp3) is 0.188. The zero-order valence-electron chi connectivity index (χ0n) is 11.3. The van der Waals surface area contributed by atoms with E-state index < -0.39 is 23.3 Å². The molecule has 0 radical (unpaired) electrons. The Hall–Kier alpha value is -2.45. The molecule has 0 amide bonds. The molecule has 1 atom stereocenters. The van der Waals surface area contributed by atoms with Gasteiger partial charge in [0, 0.05) is 0 Å². The third-order valence-electron chi connectivity index (χ3n) is 3.05. The first-order valence-electron chi connectivity index (χ1n) is 6.28. The number of ether oxygens (including phenoxy) is 1. The zero-order valence-corrected chi connectivity index (χ0v) is 11.3. The van der Waals surface area contributed by atoms with Crippen molar-refractivity contribution in [3.05, 3.63) is 64.7 Å². The van der Waals surface area contributed by atoms with E-state index in [0.29, 0.717) is 11.3 Å². The van der Waals surface area contributed by atoms with Gasteiger partial charge in [0.1, 0.15) is 30.1 Å². The molecule has 0 saturated carbocycles. The number of aliphatic hydroxyl groups excluding tert-OH is 1. The fourth-order valence-electron chi connectivity index (χ4n) is 1.91. The summed E-state index contributed by atoms with van der Waals surface area (Å²) in [5.74, 6) is -1.26. The lowest BCUT2D eigenvalue weighted by molar-refractivity contribution is 0.101. The van der Waals surface area contributed by atoms with Crippen molar-refractivity contribution in [2.75, 3.05) is 6.61 Å². The standard InChI is InChI=1S/C16H13F2NO2/c1-10-5-6-11(8-19)7-15(10)21-9-14(20)16-12(17)3-2-4-13(16)18/h2-7,14,20H,9H2,1H3. The molecular formula is C16H13F2NO2.